The highest BCUT2D eigenvalue weighted by Gasteiger charge is 2.57. The Morgan fingerprint density at radius 3 is 1.87 bits per heavy atom. The summed E-state index contributed by atoms with van der Waals surface area (Å²) in [4.78, 5) is 12.8. The number of hydrogen-bond donors (Lipinski definition) is 0. The van der Waals surface area contributed by atoms with E-state index in [1.807, 2.05) is 54.6 Å². The molecule has 1 heterocycles. The van der Waals surface area contributed by atoms with Crippen LogP contribution in [0.5, 0.6) is 5.75 Å². The molecule has 0 saturated heterocycles. The van der Waals surface area contributed by atoms with E-state index in [9.17, 15) is 4.79 Å². The fraction of sp³-hybridized carbons (Fsp3) is 0.269. The Labute approximate surface area is 179 Å². The smallest absolute Gasteiger partial charge is 0.312 e. The molecule has 3 aromatic rings. The minimum atomic E-state index is -2.08. The molecule has 0 N–H and O–H groups in total. The second-order valence-corrected chi connectivity index (χ2v) is 13.5. The fourth-order valence-electron chi connectivity index (χ4n) is 4.71. The molecule has 0 aromatic heterocycles. The summed E-state index contributed by atoms with van der Waals surface area (Å²) >= 11 is 0. The lowest BCUT2D eigenvalue weighted by Crippen LogP contribution is -2.57. The average Bonchev–Trinajstić information content (AvgIpc) is 2.72. The number of carbonyl (C=O) groups excluding carboxylic acids is 1. The van der Waals surface area contributed by atoms with Crippen LogP contribution >= 0.6 is 0 Å². The molecule has 4 rings (SSSR count). The second-order valence-electron chi connectivity index (χ2n) is 9.11. The van der Waals surface area contributed by atoms with Crippen LogP contribution in [0, 0.1) is 0 Å². The van der Waals surface area contributed by atoms with E-state index in [1.165, 1.54) is 0 Å². The largest absolute Gasteiger partial charge is 0.426 e. The van der Waals surface area contributed by atoms with Crippen molar-refractivity contribution in [2.24, 2.45) is 0 Å². The van der Waals surface area contributed by atoms with Gasteiger partial charge in [-0.3, -0.25) is 4.79 Å². The van der Waals surface area contributed by atoms with E-state index in [1.54, 1.807) is 0 Å². The average molecular weight is 417 g/mol. The molecule has 1 atom stereocenters. The summed E-state index contributed by atoms with van der Waals surface area (Å²) in [6, 6.07) is 28.5. The minimum Gasteiger partial charge on any atom is -0.426 e. The van der Waals surface area contributed by atoms with Gasteiger partial charge in [0.05, 0.1) is 6.42 Å². The summed E-state index contributed by atoms with van der Waals surface area (Å²) in [5, 5.41) is 0. The molecule has 1 aliphatic heterocycles. The van der Waals surface area contributed by atoms with E-state index >= 15 is 0 Å². The third kappa shape index (κ3) is 3.40. The SMILES string of the molecule is C[C@]1(C(O[Si](C)(C)C)(c2ccccc2)c2ccccc2)CC(=O)Oc2ccccc21. The van der Waals surface area contributed by atoms with Gasteiger partial charge in [-0.1, -0.05) is 85.8 Å². The molecule has 4 heteroatoms. The van der Waals surface area contributed by atoms with Gasteiger partial charge in [0.15, 0.2) is 8.32 Å². The Bertz CT molecular complexity index is 1000. The number of rotatable bonds is 5. The van der Waals surface area contributed by atoms with Gasteiger partial charge in [-0.25, -0.2) is 0 Å². The van der Waals surface area contributed by atoms with Gasteiger partial charge in [-0.2, -0.15) is 0 Å². The number of carbonyl (C=O) groups is 1. The Hall–Kier alpha value is -2.69. The Balaban J connectivity index is 2.11. The highest BCUT2D eigenvalue weighted by Crippen LogP contribution is 2.56. The summed E-state index contributed by atoms with van der Waals surface area (Å²) in [5.74, 6) is 0.387. The van der Waals surface area contributed by atoms with Crippen molar-refractivity contribution in [3.63, 3.8) is 0 Å². The van der Waals surface area contributed by atoms with E-state index in [-0.39, 0.29) is 12.4 Å². The van der Waals surface area contributed by atoms with Crippen LogP contribution in [0.4, 0.5) is 0 Å². The Morgan fingerprint density at radius 2 is 1.33 bits per heavy atom. The maximum atomic E-state index is 12.8. The quantitative estimate of drug-likeness (QED) is 0.289. The third-order valence-electron chi connectivity index (χ3n) is 5.80. The van der Waals surface area contributed by atoms with E-state index in [4.69, 9.17) is 9.16 Å². The molecule has 3 nitrogen and oxygen atoms in total. The van der Waals surface area contributed by atoms with Gasteiger partial charge >= 0.3 is 5.97 Å². The minimum absolute atomic E-state index is 0.230. The number of fused-ring (bicyclic) bond motifs is 1. The van der Waals surface area contributed by atoms with Gasteiger partial charge in [0.25, 0.3) is 0 Å². The lowest BCUT2D eigenvalue weighted by atomic mass is 9.60. The molecular formula is C26H28O3Si. The van der Waals surface area contributed by atoms with Crippen LogP contribution in [-0.4, -0.2) is 14.3 Å². The first kappa shape index (κ1) is 20.6. The van der Waals surface area contributed by atoms with Crippen molar-refractivity contribution < 1.29 is 14.0 Å². The number of benzene rings is 3. The Morgan fingerprint density at radius 1 is 0.833 bits per heavy atom. The highest BCUT2D eigenvalue weighted by molar-refractivity contribution is 6.69. The number of esters is 1. The predicted molar refractivity (Wildman–Crippen MR) is 122 cm³/mol. The summed E-state index contributed by atoms with van der Waals surface area (Å²) in [6.07, 6.45) is 0.234. The van der Waals surface area contributed by atoms with E-state index in [0.717, 1.165) is 16.7 Å². The van der Waals surface area contributed by atoms with Crippen molar-refractivity contribution in [2.75, 3.05) is 0 Å². The highest BCUT2D eigenvalue weighted by atomic mass is 28.4. The van der Waals surface area contributed by atoms with Crippen LogP contribution in [-0.2, 0) is 20.2 Å². The van der Waals surface area contributed by atoms with Crippen LogP contribution in [0.3, 0.4) is 0 Å². The van der Waals surface area contributed by atoms with Crippen LogP contribution in [0.2, 0.25) is 19.6 Å². The van der Waals surface area contributed by atoms with Gasteiger partial charge in [0.1, 0.15) is 11.4 Å². The first-order chi connectivity index (χ1) is 14.3. The van der Waals surface area contributed by atoms with Crippen LogP contribution in [0.1, 0.15) is 30.0 Å². The second kappa shape index (κ2) is 7.53. The molecule has 0 unspecified atom stereocenters. The monoisotopic (exact) mass is 416 g/mol. The van der Waals surface area contributed by atoms with E-state index in [2.05, 4.69) is 56.9 Å². The summed E-state index contributed by atoms with van der Waals surface area (Å²) in [7, 11) is -2.08. The van der Waals surface area contributed by atoms with Crippen molar-refractivity contribution in [1.82, 2.24) is 0 Å². The first-order valence-electron chi connectivity index (χ1n) is 10.4. The molecule has 0 aliphatic carbocycles. The Kier molecular flexibility index (Phi) is 5.16. The zero-order valence-electron chi connectivity index (χ0n) is 18.0. The molecule has 0 bridgehead atoms. The van der Waals surface area contributed by atoms with Crippen molar-refractivity contribution in [3.8, 4) is 5.75 Å². The van der Waals surface area contributed by atoms with Crippen LogP contribution < -0.4 is 4.74 Å². The van der Waals surface area contributed by atoms with Crippen LogP contribution in [0.25, 0.3) is 0 Å². The molecule has 30 heavy (non-hydrogen) atoms. The van der Waals surface area contributed by atoms with Crippen molar-refractivity contribution in [3.05, 3.63) is 102 Å². The maximum absolute atomic E-state index is 12.8. The zero-order chi connectivity index (χ0) is 21.4. The topological polar surface area (TPSA) is 35.5 Å². The van der Waals surface area contributed by atoms with Crippen molar-refractivity contribution in [1.29, 1.82) is 0 Å². The maximum Gasteiger partial charge on any atom is 0.312 e. The van der Waals surface area contributed by atoms with E-state index in [0.29, 0.717) is 5.75 Å². The summed E-state index contributed by atoms with van der Waals surface area (Å²) in [5.41, 5.74) is 1.60. The number of hydrogen-bond acceptors (Lipinski definition) is 3. The third-order valence-corrected chi connectivity index (χ3v) is 6.72. The van der Waals surface area contributed by atoms with Gasteiger partial charge in [0, 0.05) is 11.0 Å². The van der Waals surface area contributed by atoms with Crippen molar-refractivity contribution in [2.45, 2.75) is 44.0 Å². The normalized spacial score (nSPS) is 19.1. The fourth-order valence-corrected chi connectivity index (χ4v) is 6.09. The van der Waals surface area contributed by atoms with Gasteiger partial charge in [-0.15, -0.1) is 0 Å². The van der Waals surface area contributed by atoms with Crippen LogP contribution in [0.15, 0.2) is 84.9 Å². The summed E-state index contributed by atoms with van der Waals surface area (Å²) in [6.45, 7) is 8.74. The first-order valence-corrected chi connectivity index (χ1v) is 13.8. The molecule has 0 amide bonds. The molecule has 0 spiro atoms. The molecule has 0 saturated carbocycles. The standard InChI is InChI=1S/C26H28O3Si/c1-25(19-24(27)28-23-18-12-11-17-22(23)25)26(29-30(2,3)4,20-13-7-5-8-14-20)21-15-9-6-10-16-21/h5-18H,19H2,1-4H3/t25-/m0/s1. The number of ether oxygens (including phenoxy) is 1. The number of para-hydroxylation sites is 1. The van der Waals surface area contributed by atoms with Gasteiger partial charge in [-0.05, 0) is 36.8 Å². The van der Waals surface area contributed by atoms with E-state index < -0.39 is 19.3 Å². The predicted octanol–water partition coefficient (Wildman–Crippen LogP) is 6.05. The molecule has 0 radical (unpaired) electrons. The van der Waals surface area contributed by atoms with Gasteiger partial charge < -0.3 is 9.16 Å². The lowest BCUT2D eigenvalue weighted by Gasteiger charge is -2.53. The van der Waals surface area contributed by atoms with Gasteiger partial charge in [0.2, 0.25) is 0 Å². The zero-order valence-corrected chi connectivity index (χ0v) is 19.0. The molecule has 3 aromatic carbocycles. The molecule has 154 valence electrons. The van der Waals surface area contributed by atoms with Crippen molar-refractivity contribution >= 4 is 14.3 Å². The lowest BCUT2D eigenvalue weighted by molar-refractivity contribution is -0.140. The summed E-state index contributed by atoms with van der Waals surface area (Å²) < 4.78 is 12.8. The molecule has 1 aliphatic rings. The molecule has 0 fully saturated rings. The molecular weight excluding hydrogens is 388 g/mol.